The van der Waals surface area contributed by atoms with Crippen molar-refractivity contribution in [3.05, 3.63) is 17.0 Å². The van der Waals surface area contributed by atoms with Crippen LogP contribution in [0.2, 0.25) is 0 Å². The number of ether oxygens (including phenoxy) is 2. The fraction of sp³-hybridized carbons (Fsp3) is 0.250. The average molecular weight is 183 g/mol. The predicted molar refractivity (Wildman–Crippen MR) is 46.7 cm³/mol. The lowest BCUT2D eigenvalue weighted by Crippen LogP contribution is -1.88. The van der Waals surface area contributed by atoms with E-state index in [1.165, 1.54) is 26.4 Å². The van der Waals surface area contributed by atoms with Crippen LogP contribution in [0.4, 0.5) is 5.69 Å². The molecule has 0 atom stereocenters. The molecule has 5 heteroatoms. The molecule has 1 N–H and O–H groups in total. The van der Waals surface area contributed by atoms with E-state index in [-0.39, 0.29) is 22.9 Å². The molecule has 0 aromatic heterocycles. The number of benzene rings is 1. The first-order valence-electron chi connectivity index (χ1n) is 3.52. The number of nitrogens with zero attached hydrogens (tertiary/aromatic N) is 1. The summed E-state index contributed by atoms with van der Waals surface area (Å²) >= 11 is 0. The molecule has 1 rings (SSSR count). The van der Waals surface area contributed by atoms with Crippen molar-refractivity contribution in [2.45, 2.75) is 0 Å². The van der Waals surface area contributed by atoms with Crippen LogP contribution in [-0.4, -0.2) is 19.3 Å². The van der Waals surface area contributed by atoms with E-state index in [1.807, 2.05) is 0 Å². The van der Waals surface area contributed by atoms with E-state index < -0.39 is 0 Å². The van der Waals surface area contributed by atoms with Crippen molar-refractivity contribution < 1.29 is 14.6 Å². The first-order valence-corrected chi connectivity index (χ1v) is 3.52. The molecule has 0 saturated carbocycles. The summed E-state index contributed by atoms with van der Waals surface area (Å²) < 4.78 is 9.60. The molecular formula is C8H9NO4. The van der Waals surface area contributed by atoms with Gasteiger partial charge in [0.15, 0.2) is 17.2 Å². The van der Waals surface area contributed by atoms with Crippen molar-refractivity contribution in [2.24, 2.45) is 5.18 Å². The fourth-order valence-electron chi connectivity index (χ4n) is 0.980. The van der Waals surface area contributed by atoms with E-state index in [4.69, 9.17) is 9.47 Å². The summed E-state index contributed by atoms with van der Waals surface area (Å²) in [5, 5.41) is 12.1. The van der Waals surface area contributed by atoms with Crippen LogP contribution in [-0.2, 0) is 0 Å². The Morgan fingerprint density at radius 1 is 1.31 bits per heavy atom. The molecule has 0 aliphatic rings. The highest BCUT2D eigenvalue weighted by Gasteiger charge is 2.13. The van der Waals surface area contributed by atoms with Gasteiger partial charge >= 0.3 is 0 Å². The molecule has 1 aromatic rings. The second-order valence-corrected chi connectivity index (χ2v) is 2.26. The highest BCUT2D eigenvalue weighted by Crippen LogP contribution is 2.42. The third-order valence-corrected chi connectivity index (χ3v) is 1.60. The minimum Gasteiger partial charge on any atom is -0.502 e. The molecule has 70 valence electrons. The van der Waals surface area contributed by atoms with E-state index in [9.17, 15) is 10.0 Å². The molecule has 5 nitrogen and oxygen atoms in total. The van der Waals surface area contributed by atoms with Gasteiger partial charge in [-0.2, -0.15) is 0 Å². The molecule has 0 heterocycles. The van der Waals surface area contributed by atoms with E-state index in [2.05, 4.69) is 5.18 Å². The maximum atomic E-state index is 10.3. The van der Waals surface area contributed by atoms with Gasteiger partial charge in [0.05, 0.1) is 14.2 Å². The van der Waals surface area contributed by atoms with Crippen LogP contribution in [0.15, 0.2) is 17.3 Å². The molecule has 13 heavy (non-hydrogen) atoms. The summed E-state index contributed by atoms with van der Waals surface area (Å²) in [4.78, 5) is 10.3. The quantitative estimate of drug-likeness (QED) is 0.725. The van der Waals surface area contributed by atoms with Gasteiger partial charge in [-0.05, 0) is 17.3 Å². The lowest BCUT2D eigenvalue weighted by atomic mass is 10.2. The van der Waals surface area contributed by atoms with Crippen LogP contribution in [0.3, 0.4) is 0 Å². The molecular weight excluding hydrogens is 174 g/mol. The second-order valence-electron chi connectivity index (χ2n) is 2.26. The Kier molecular flexibility index (Phi) is 2.69. The second kappa shape index (κ2) is 3.75. The molecule has 0 unspecified atom stereocenters. The Bertz CT molecular complexity index is 324. The highest BCUT2D eigenvalue weighted by atomic mass is 16.5. The zero-order chi connectivity index (χ0) is 9.84. The van der Waals surface area contributed by atoms with Crippen LogP contribution >= 0.6 is 0 Å². The van der Waals surface area contributed by atoms with Crippen molar-refractivity contribution in [3.8, 4) is 17.2 Å². The number of nitroso groups, excluding NO2 is 1. The van der Waals surface area contributed by atoms with Crippen LogP contribution in [0.5, 0.6) is 17.2 Å². The zero-order valence-electron chi connectivity index (χ0n) is 7.27. The minimum atomic E-state index is -0.220. The van der Waals surface area contributed by atoms with Gasteiger partial charge in [0.25, 0.3) is 0 Å². The number of rotatable bonds is 3. The fourth-order valence-corrected chi connectivity index (χ4v) is 0.980. The van der Waals surface area contributed by atoms with Crippen LogP contribution < -0.4 is 9.47 Å². The predicted octanol–water partition coefficient (Wildman–Crippen LogP) is 1.81. The van der Waals surface area contributed by atoms with Crippen LogP contribution in [0.25, 0.3) is 0 Å². The molecule has 1 aromatic carbocycles. The average Bonchev–Trinajstić information content (AvgIpc) is 2.17. The van der Waals surface area contributed by atoms with Crippen LogP contribution in [0.1, 0.15) is 0 Å². The summed E-state index contributed by atoms with van der Waals surface area (Å²) in [6, 6.07) is 2.85. The Morgan fingerprint density at radius 3 is 2.46 bits per heavy atom. The van der Waals surface area contributed by atoms with Crippen LogP contribution in [0, 0.1) is 4.91 Å². The number of methoxy groups -OCH3 is 2. The van der Waals surface area contributed by atoms with Crippen molar-refractivity contribution >= 4 is 5.69 Å². The molecule has 0 spiro atoms. The Balaban J connectivity index is 3.31. The third-order valence-electron chi connectivity index (χ3n) is 1.60. The van der Waals surface area contributed by atoms with E-state index in [1.54, 1.807) is 0 Å². The van der Waals surface area contributed by atoms with Crippen molar-refractivity contribution in [2.75, 3.05) is 14.2 Å². The first kappa shape index (κ1) is 9.31. The highest BCUT2D eigenvalue weighted by molar-refractivity contribution is 5.64. The topological polar surface area (TPSA) is 68.1 Å². The number of hydrogen-bond donors (Lipinski definition) is 1. The normalized spacial score (nSPS) is 9.38. The smallest absolute Gasteiger partial charge is 0.203 e. The number of phenols is 1. The van der Waals surface area contributed by atoms with E-state index >= 15 is 0 Å². The van der Waals surface area contributed by atoms with E-state index in [0.29, 0.717) is 0 Å². The molecule has 0 aliphatic carbocycles. The third kappa shape index (κ3) is 1.53. The number of hydrogen-bond acceptors (Lipinski definition) is 5. The summed E-state index contributed by atoms with van der Waals surface area (Å²) in [7, 11) is 2.74. The summed E-state index contributed by atoms with van der Waals surface area (Å²) in [5.41, 5.74) is 0.0424. The van der Waals surface area contributed by atoms with Crippen molar-refractivity contribution in [1.29, 1.82) is 0 Å². The molecule has 0 saturated heterocycles. The molecule has 0 radical (unpaired) electrons. The molecule has 0 aliphatic heterocycles. The van der Waals surface area contributed by atoms with Gasteiger partial charge in [-0.1, -0.05) is 0 Å². The summed E-state index contributed by atoms with van der Waals surface area (Å²) in [5.74, 6) is 0.0423. The van der Waals surface area contributed by atoms with E-state index in [0.717, 1.165) is 0 Å². The monoisotopic (exact) mass is 183 g/mol. The van der Waals surface area contributed by atoms with Crippen molar-refractivity contribution in [3.63, 3.8) is 0 Å². The number of aromatic hydroxyl groups is 1. The number of phenolic OH excluding ortho intramolecular Hbond substituents is 1. The van der Waals surface area contributed by atoms with Gasteiger partial charge in [0.1, 0.15) is 0 Å². The first-order chi connectivity index (χ1) is 6.24. The van der Waals surface area contributed by atoms with Gasteiger partial charge in [-0.15, -0.1) is 4.91 Å². The summed E-state index contributed by atoms with van der Waals surface area (Å²) in [6.07, 6.45) is 0. The van der Waals surface area contributed by atoms with Gasteiger partial charge < -0.3 is 14.6 Å². The maximum Gasteiger partial charge on any atom is 0.203 e. The maximum absolute atomic E-state index is 10.3. The van der Waals surface area contributed by atoms with Gasteiger partial charge in [0, 0.05) is 0 Å². The molecule has 0 fully saturated rings. The van der Waals surface area contributed by atoms with Gasteiger partial charge in [-0.3, -0.25) is 0 Å². The lowest BCUT2D eigenvalue weighted by molar-refractivity contribution is 0.341. The molecule has 0 bridgehead atoms. The largest absolute Gasteiger partial charge is 0.502 e. The standard InChI is InChI=1S/C8H9NO4/c1-12-6-4-3-5(9-11)8(13-2)7(6)10/h3-4,10H,1-2H3. The Hall–Kier alpha value is -1.78. The van der Waals surface area contributed by atoms with Crippen molar-refractivity contribution in [1.82, 2.24) is 0 Å². The zero-order valence-corrected chi connectivity index (χ0v) is 7.27. The minimum absolute atomic E-state index is 0.0225. The van der Waals surface area contributed by atoms with Gasteiger partial charge in [-0.25, -0.2) is 0 Å². The SMILES string of the molecule is COc1ccc(N=O)c(OC)c1O. The Morgan fingerprint density at radius 2 is 2.00 bits per heavy atom. The lowest BCUT2D eigenvalue weighted by Gasteiger charge is -2.08. The Labute approximate surface area is 74.9 Å². The van der Waals surface area contributed by atoms with Gasteiger partial charge in [0.2, 0.25) is 5.75 Å². The molecule has 0 amide bonds. The summed E-state index contributed by atoms with van der Waals surface area (Å²) in [6.45, 7) is 0.